The summed E-state index contributed by atoms with van der Waals surface area (Å²) in [5.41, 5.74) is 6.88. The first-order chi connectivity index (χ1) is 22.4. The van der Waals surface area contributed by atoms with E-state index < -0.39 is 11.6 Å². The highest BCUT2D eigenvalue weighted by molar-refractivity contribution is 6.31. The number of hydrogen-bond acceptors (Lipinski definition) is 7. The monoisotopic (exact) mass is 642 g/mol. The number of benzene rings is 1. The highest BCUT2D eigenvalue weighted by Gasteiger charge is 2.51. The molecular formula is C35H39ClN6O4. The lowest BCUT2D eigenvalue weighted by molar-refractivity contribution is -0.134. The Labute approximate surface area is 273 Å². The van der Waals surface area contributed by atoms with E-state index in [2.05, 4.69) is 33.8 Å². The minimum absolute atomic E-state index is 0.0286. The number of aryl methyl sites for hydroxylation is 1. The summed E-state index contributed by atoms with van der Waals surface area (Å²) in [6.45, 7) is 2.89. The van der Waals surface area contributed by atoms with Gasteiger partial charge < -0.3 is 29.6 Å². The van der Waals surface area contributed by atoms with Crippen molar-refractivity contribution in [2.75, 3.05) is 33.3 Å². The predicted octanol–water partition coefficient (Wildman–Crippen LogP) is 5.15. The number of carbonyl (C=O) groups excluding carboxylic acids is 2. The maximum absolute atomic E-state index is 13.7. The van der Waals surface area contributed by atoms with E-state index in [1.807, 2.05) is 40.9 Å². The van der Waals surface area contributed by atoms with Crippen LogP contribution in [0.1, 0.15) is 72.6 Å². The van der Waals surface area contributed by atoms with Crippen LogP contribution in [-0.2, 0) is 21.3 Å². The number of amides is 2. The van der Waals surface area contributed by atoms with Crippen LogP contribution < -0.4 is 10.6 Å². The number of methoxy groups -OCH3 is 1. The van der Waals surface area contributed by atoms with Gasteiger partial charge in [-0.15, -0.1) is 0 Å². The van der Waals surface area contributed by atoms with Gasteiger partial charge in [-0.1, -0.05) is 29.3 Å². The molecule has 46 heavy (non-hydrogen) atoms. The van der Waals surface area contributed by atoms with Crippen LogP contribution in [0.4, 0.5) is 4.79 Å². The van der Waals surface area contributed by atoms with E-state index >= 15 is 0 Å². The van der Waals surface area contributed by atoms with Gasteiger partial charge in [0.1, 0.15) is 11.7 Å². The van der Waals surface area contributed by atoms with Crippen LogP contribution in [0.2, 0.25) is 5.02 Å². The third-order valence-electron chi connectivity index (χ3n) is 9.73. The SMILES string of the molecule is COC1(C(=O)NC(C2=Cc3cccnc3C(=C3CCN(C(=O)OC4CCNCC4)CC3)c3ccc(Cl)cc32)c2cncn2C)CC1. The Balaban J connectivity index is 1.28. The Bertz CT molecular complexity index is 1710. The van der Waals surface area contributed by atoms with Gasteiger partial charge in [0, 0.05) is 49.6 Å². The highest BCUT2D eigenvalue weighted by Crippen LogP contribution is 2.46. The lowest BCUT2D eigenvalue weighted by atomic mass is 9.86. The van der Waals surface area contributed by atoms with Gasteiger partial charge in [-0.2, -0.15) is 0 Å². The van der Waals surface area contributed by atoms with Crippen LogP contribution in [0.15, 0.2) is 54.6 Å². The number of nitrogens with one attached hydrogen (secondary N) is 2. The van der Waals surface area contributed by atoms with Gasteiger partial charge in [0.05, 0.1) is 30.0 Å². The number of pyridine rings is 1. The number of rotatable bonds is 6. The van der Waals surface area contributed by atoms with Gasteiger partial charge in [0.25, 0.3) is 5.91 Å². The van der Waals surface area contributed by atoms with Crippen LogP contribution in [0, 0.1) is 0 Å². The maximum Gasteiger partial charge on any atom is 0.410 e. The third-order valence-corrected chi connectivity index (χ3v) is 9.96. The number of halogens is 1. The summed E-state index contributed by atoms with van der Waals surface area (Å²) in [6.07, 6.45) is 11.6. The first-order valence-electron chi connectivity index (χ1n) is 16.0. The van der Waals surface area contributed by atoms with Crippen LogP contribution in [0.25, 0.3) is 17.2 Å². The lowest BCUT2D eigenvalue weighted by Crippen LogP contribution is -2.41. The molecule has 3 fully saturated rings. The second-order valence-corrected chi connectivity index (χ2v) is 13.0. The number of ether oxygens (including phenoxy) is 2. The van der Waals surface area contributed by atoms with Crippen molar-refractivity contribution in [1.82, 2.24) is 30.1 Å². The molecule has 2 aliphatic carbocycles. The predicted molar refractivity (Wildman–Crippen MR) is 176 cm³/mol. The molecule has 7 rings (SSSR count). The van der Waals surface area contributed by atoms with E-state index in [0.29, 0.717) is 43.8 Å². The van der Waals surface area contributed by atoms with Gasteiger partial charge in [-0.3, -0.25) is 9.78 Å². The molecule has 11 heteroatoms. The molecular weight excluding hydrogens is 604 g/mol. The minimum atomic E-state index is -0.811. The Morgan fingerprint density at radius 1 is 1.13 bits per heavy atom. The van der Waals surface area contributed by atoms with Crippen molar-refractivity contribution in [3.63, 3.8) is 0 Å². The average molecular weight is 643 g/mol. The number of aromatic nitrogens is 3. The summed E-state index contributed by atoms with van der Waals surface area (Å²) in [6, 6.07) is 9.38. The molecule has 10 nitrogen and oxygen atoms in total. The van der Waals surface area contributed by atoms with E-state index in [-0.39, 0.29) is 18.1 Å². The first kappa shape index (κ1) is 30.7. The second-order valence-electron chi connectivity index (χ2n) is 12.6. The van der Waals surface area contributed by atoms with Crippen molar-refractivity contribution in [1.29, 1.82) is 0 Å². The fourth-order valence-corrected chi connectivity index (χ4v) is 7.05. The quantitative estimate of drug-likeness (QED) is 0.383. The zero-order valence-electron chi connectivity index (χ0n) is 26.2. The fourth-order valence-electron chi connectivity index (χ4n) is 6.88. The van der Waals surface area contributed by atoms with E-state index in [4.69, 9.17) is 26.1 Å². The summed E-state index contributed by atoms with van der Waals surface area (Å²) in [5, 5.41) is 7.22. The van der Waals surface area contributed by atoms with Crippen LogP contribution in [0.5, 0.6) is 0 Å². The molecule has 1 atom stereocenters. The molecule has 2 aliphatic heterocycles. The zero-order chi connectivity index (χ0) is 31.8. The summed E-state index contributed by atoms with van der Waals surface area (Å²) in [7, 11) is 3.51. The largest absolute Gasteiger partial charge is 0.446 e. The fraction of sp³-hybridized carbons (Fsp3) is 0.429. The minimum Gasteiger partial charge on any atom is -0.446 e. The average Bonchev–Trinajstić information content (AvgIpc) is 3.80. The van der Waals surface area contributed by atoms with Gasteiger partial charge in [-0.05, 0) is 92.6 Å². The van der Waals surface area contributed by atoms with Gasteiger partial charge in [0.15, 0.2) is 0 Å². The van der Waals surface area contributed by atoms with Crippen molar-refractivity contribution in [3.8, 4) is 0 Å². The van der Waals surface area contributed by atoms with Gasteiger partial charge >= 0.3 is 6.09 Å². The molecule has 1 aromatic carbocycles. The summed E-state index contributed by atoms with van der Waals surface area (Å²) < 4.78 is 13.4. The number of likely N-dealkylation sites (tertiary alicyclic amines) is 1. The van der Waals surface area contributed by atoms with Crippen LogP contribution in [0.3, 0.4) is 0 Å². The molecule has 2 aromatic heterocycles. The van der Waals surface area contributed by atoms with Crippen LogP contribution >= 0.6 is 11.6 Å². The first-order valence-corrected chi connectivity index (χ1v) is 16.4. The molecule has 0 radical (unpaired) electrons. The van der Waals surface area contributed by atoms with E-state index in [0.717, 1.165) is 65.2 Å². The van der Waals surface area contributed by atoms with E-state index in [9.17, 15) is 9.59 Å². The number of piperidine rings is 2. The highest BCUT2D eigenvalue weighted by atomic mass is 35.5. The Hall–Kier alpha value is -3.99. The normalized spacial score (nSPS) is 19.8. The smallest absolute Gasteiger partial charge is 0.410 e. The van der Waals surface area contributed by atoms with E-state index in [1.165, 1.54) is 5.57 Å². The number of nitrogens with zero attached hydrogens (tertiary/aromatic N) is 4. The maximum atomic E-state index is 13.7. The molecule has 0 spiro atoms. The third kappa shape index (κ3) is 5.85. The Kier molecular flexibility index (Phi) is 8.44. The molecule has 3 aromatic rings. The van der Waals surface area contributed by atoms with Crippen LogP contribution in [-0.4, -0.2) is 76.4 Å². The molecule has 1 saturated carbocycles. The Morgan fingerprint density at radius 3 is 2.61 bits per heavy atom. The zero-order valence-corrected chi connectivity index (χ0v) is 27.0. The number of fused-ring (bicyclic) bond motifs is 2. The number of hydrogen-bond donors (Lipinski definition) is 2. The van der Waals surface area contributed by atoms with Crippen molar-refractivity contribution in [2.24, 2.45) is 7.05 Å². The molecule has 2 N–H and O–H groups in total. The number of carbonyl (C=O) groups is 2. The van der Waals surface area contributed by atoms with Crippen molar-refractivity contribution < 1.29 is 19.1 Å². The number of imidazole rings is 1. The van der Waals surface area contributed by atoms with Crippen molar-refractivity contribution >= 4 is 40.8 Å². The van der Waals surface area contributed by atoms with Gasteiger partial charge in [-0.25, -0.2) is 9.78 Å². The molecule has 2 amide bonds. The Morgan fingerprint density at radius 2 is 1.91 bits per heavy atom. The van der Waals surface area contributed by atoms with Crippen molar-refractivity contribution in [3.05, 3.63) is 87.7 Å². The molecule has 2 saturated heterocycles. The van der Waals surface area contributed by atoms with E-state index in [1.54, 1.807) is 19.6 Å². The summed E-state index contributed by atoms with van der Waals surface area (Å²) in [5.74, 6) is -0.149. The lowest BCUT2D eigenvalue weighted by Gasteiger charge is -2.32. The molecule has 0 bridgehead atoms. The topological polar surface area (TPSA) is 111 Å². The molecule has 4 heterocycles. The molecule has 240 valence electrons. The standard InChI is InChI=1S/C35H39ClN6O4/c1-41-21-38-20-29(41)32(40-33(43)35(45-2)11-12-35)28-18-23-4-3-13-39-31(23)30(26-6-5-24(36)19-27(26)28)22-9-16-42(17-10-22)34(44)46-25-7-14-37-15-8-25/h3-6,13,18-21,25,32,37H,7-12,14-17H2,1-2H3,(H,40,43). The summed E-state index contributed by atoms with van der Waals surface area (Å²) >= 11 is 6.70. The second kappa shape index (κ2) is 12.7. The summed E-state index contributed by atoms with van der Waals surface area (Å²) in [4.78, 5) is 37.9. The van der Waals surface area contributed by atoms with Crippen molar-refractivity contribution in [2.45, 2.75) is 56.3 Å². The molecule has 4 aliphatic rings. The molecule has 1 unspecified atom stereocenters. The van der Waals surface area contributed by atoms with Gasteiger partial charge in [0.2, 0.25) is 0 Å².